The molecule has 2 aromatic carbocycles. The summed E-state index contributed by atoms with van der Waals surface area (Å²) < 4.78 is 0.866. The van der Waals surface area contributed by atoms with Crippen molar-refractivity contribution in [2.45, 2.75) is 6.92 Å². The number of anilines is 1. The minimum Gasteiger partial charge on any atom is -0.318 e. The Bertz CT molecular complexity index is 1050. The first-order valence-electron chi connectivity index (χ1n) is 7.89. The minimum atomic E-state index is -0.894. The van der Waals surface area contributed by atoms with E-state index in [4.69, 9.17) is 11.6 Å². The highest BCUT2D eigenvalue weighted by molar-refractivity contribution is 9.10. The largest absolute Gasteiger partial charge is 0.329 e. The van der Waals surface area contributed by atoms with E-state index in [2.05, 4.69) is 36.8 Å². The van der Waals surface area contributed by atoms with E-state index in [0.29, 0.717) is 11.3 Å². The molecule has 136 valence electrons. The molecule has 3 rings (SSSR count). The zero-order valence-corrected chi connectivity index (χ0v) is 16.5. The summed E-state index contributed by atoms with van der Waals surface area (Å²) >= 11 is 9.45. The van der Waals surface area contributed by atoms with Crippen LogP contribution < -0.4 is 10.7 Å². The molecule has 0 bridgehead atoms. The molecule has 0 saturated heterocycles. The van der Waals surface area contributed by atoms with Crippen molar-refractivity contribution in [2.75, 3.05) is 5.32 Å². The third kappa shape index (κ3) is 4.90. The molecule has 0 aliphatic rings. The average molecular weight is 446 g/mol. The fourth-order valence-corrected chi connectivity index (χ4v) is 2.75. The van der Waals surface area contributed by atoms with Crippen LogP contribution in [0.2, 0.25) is 5.15 Å². The Hall–Kier alpha value is -2.77. The Balaban J connectivity index is 1.65. The van der Waals surface area contributed by atoms with Crippen LogP contribution in [0.5, 0.6) is 0 Å². The normalized spacial score (nSPS) is 10.9. The number of halogens is 2. The number of nitrogens with zero attached hydrogens (tertiary/aromatic N) is 2. The minimum absolute atomic E-state index is 0.255. The maximum atomic E-state index is 11.9. The highest BCUT2D eigenvalue weighted by Gasteiger charge is 2.13. The predicted octanol–water partition coefficient (Wildman–Crippen LogP) is 4.05. The zero-order valence-electron chi connectivity index (χ0n) is 14.2. The molecule has 2 amide bonds. The Morgan fingerprint density at radius 3 is 2.59 bits per heavy atom. The molecule has 0 spiro atoms. The number of nitrogens with one attached hydrogen (secondary N) is 2. The molecular weight excluding hydrogens is 432 g/mol. The van der Waals surface area contributed by atoms with Gasteiger partial charge < -0.3 is 5.32 Å². The van der Waals surface area contributed by atoms with E-state index in [-0.39, 0.29) is 5.15 Å². The lowest BCUT2D eigenvalue weighted by molar-refractivity contribution is -0.136. The topological polar surface area (TPSA) is 83.5 Å². The lowest BCUT2D eigenvalue weighted by Crippen LogP contribution is -2.32. The molecule has 6 nitrogen and oxygen atoms in total. The lowest BCUT2D eigenvalue weighted by Gasteiger charge is -2.04. The number of aryl methyl sites for hydroxylation is 1. The second kappa shape index (κ2) is 8.28. The number of carbonyl (C=O) groups excluding carboxylic acids is 2. The second-order valence-corrected chi connectivity index (χ2v) is 7.00. The third-order valence-corrected chi connectivity index (χ3v) is 4.46. The molecule has 0 fully saturated rings. The summed E-state index contributed by atoms with van der Waals surface area (Å²) in [6.45, 7) is 1.97. The summed E-state index contributed by atoms with van der Waals surface area (Å²) in [5.74, 6) is -1.72. The molecule has 0 atom stereocenters. The van der Waals surface area contributed by atoms with Crippen LogP contribution >= 0.6 is 27.5 Å². The van der Waals surface area contributed by atoms with E-state index >= 15 is 0 Å². The van der Waals surface area contributed by atoms with Crippen LogP contribution in [0.15, 0.2) is 58.1 Å². The van der Waals surface area contributed by atoms with Crippen molar-refractivity contribution in [1.82, 2.24) is 10.4 Å². The van der Waals surface area contributed by atoms with Gasteiger partial charge in [-0.2, -0.15) is 5.10 Å². The lowest BCUT2D eigenvalue weighted by atomic mass is 10.1. The standard InChI is InChI=1S/C19H14BrClN4O2/c1-11-2-3-12-9-13(17(21)24-16(12)8-11)10-22-25-19(27)18(26)23-15-6-4-14(20)5-7-15/h2-10H,1H3,(H,23,26)(H,25,27)/b22-10-. The first-order chi connectivity index (χ1) is 12.9. The van der Waals surface area contributed by atoms with Crippen LogP contribution in [-0.2, 0) is 9.59 Å². The maximum absolute atomic E-state index is 11.9. The molecule has 0 aliphatic heterocycles. The molecule has 2 N–H and O–H groups in total. The van der Waals surface area contributed by atoms with Crippen LogP contribution in [-0.4, -0.2) is 23.0 Å². The van der Waals surface area contributed by atoms with Gasteiger partial charge in [0.2, 0.25) is 0 Å². The summed E-state index contributed by atoms with van der Waals surface area (Å²) in [6.07, 6.45) is 1.35. The molecule has 0 saturated carbocycles. The number of aromatic nitrogens is 1. The Kier molecular flexibility index (Phi) is 5.83. The van der Waals surface area contributed by atoms with Gasteiger partial charge in [0.05, 0.1) is 11.7 Å². The van der Waals surface area contributed by atoms with Crippen molar-refractivity contribution in [3.8, 4) is 0 Å². The van der Waals surface area contributed by atoms with Gasteiger partial charge in [-0.3, -0.25) is 9.59 Å². The number of carbonyl (C=O) groups is 2. The van der Waals surface area contributed by atoms with Crippen molar-refractivity contribution < 1.29 is 9.59 Å². The van der Waals surface area contributed by atoms with Gasteiger partial charge in [0.25, 0.3) is 0 Å². The third-order valence-electron chi connectivity index (χ3n) is 3.63. The SMILES string of the molecule is Cc1ccc2cc(/C=N\NC(=O)C(=O)Nc3ccc(Br)cc3)c(Cl)nc2c1. The number of amides is 2. The molecule has 3 aromatic rings. The van der Waals surface area contributed by atoms with Crippen molar-refractivity contribution >= 4 is 62.2 Å². The number of hydrazone groups is 1. The van der Waals surface area contributed by atoms with E-state index in [0.717, 1.165) is 20.9 Å². The van der Waals surface area contributed by atoms with Gasteiger partial charge in [-0.25, -0.2) is 10.4 Å². The number of fused-ring (bicyclic) bond motifs is 1. The number of hydrogen-bond donors (Lipinski definition) is 2. The highest BCUT2D eigenvalue weighted by Crippen LogP contribution is 2.20. The van der Waals surface area contributed by atoms with E-state index in [1.807, 2.05) is 31.2 Å². The predicted molar refractivity (Wildman–Crippen MR) is 110 cm³/mol. The smallest absolute Gasteiger partial charge is 0.318 e. The summed E-state index contributed by atoms with van der Waals surface area (Å²) in [6, 6.07) is 14.5. The number of benzene rings is 2. The van der Waals surface area contributed by atoms with Gasteiger partial charge >= 0.3 is 11.8 Å². The highest BCUT2D eigenvalue weighted by atomic mass is 79.9. The van der Waals surface area contributed by atoms with Crippen molar-refractivity contribution in [3.63, 3.8) is 0 Å². The van der Waals surface area contributed by atoms with Gasteiger partial charge in [0.1, 0.15) is 5.15 Å². The molecule has 0 radical (unpaired) electrons. The van der Waals surface area contributed by atoms with E-state index in [1.165, 1.54) is 6.21 Å². The fraction of sp³-hybridized carbons (Fsp3) is 0.0526. The van der Waals surface area contributed by atoms with Gasteiger partial charge in [0, 0.05) is 21.1 Å². The first-order valence-corrected chi connectivity index (χ1v) is 9.06. The quantitative estimate of drug-likeness (QED) is 0.276. The van der Waals surface area contributed by atoms with Crippen LogP contribution in [0, 0.1) is 6.92 Å². The van der Waals surface area contributed by atoms with E-state index in [1.54, 1.807) is 24.3 Å². The van der Waals surface area contributed by atoms with Gasteiger partial charge in [0.15, 0.2) is 0 Å². The van der Waals surface area contributed by atoms with Gasteiger partial charge in [-0.15, -0.1) is 0 Å². The Morgan fingerprint density at radius 1 is 1.11 bits per heavy atom. The van der Waals surface area contributed by atoms with Crippen molar-refractivity contribution in [2.24, 2.45) is 5.10 Å². The molecule has 1 heterocycles. The van der Waals surface area contributed by atoms with Crippen LogP contribution in [0.25, 0.3) is 10.9 Å². The van der Waals surface area contributed by atoms with Crippen LogP contribution in [0.3, 0.4) is 0 Å². The number of rotatable bonds is 3. The molecule has 27 heavy (non-hydrogen) atoms. The molecule has 1 aromatic heterocycles. The zero-order chi connectivity index (χ0) is 19.4. The van der Waals surface area contributed by atoms with Crippen LogP contribution in [0.1, 0.15) is 11.1 Å². The average Bonchev–Trinajstić information content (AvgIpc) is 2.64. The summed E-state index contributed by atoms with van der Waals surface area (Å²) in [7, 11) is 0. The van der Waals surface area contributed by atoms with E-state index < -0.39 is 11.8 Å². The van der Waals surface area contributed by atoms with Gasteiger partial charge in [-0.1, -0.05) is 39.7 Å². The monoisotopic (exact) mass is 444 g/mol. The van der Waals surface area contributed by atoms with Crippen molar-refractivity contribution in [3.05, 3.63) is 69.3 Å². The van der Waals surface area contributed by atoms with E-state index in [9.17, 15) is 9.59 Å². The Labute approximate surface area is 168 Å². The summed E-state index contributed by atoms with van der Waals surface area (Å²) in [5.41, 5.74) is 5.05. The molecule has 8 heteroatoms. The second-order valence-electron chi connectivity index (χ2n) is 5.72. The van der Waals surface area contributed by atoms with Gasteiger partial charge in [-0.05, 0) is 48.9 Å². The maximum Gasteiger partial charge on any atom is 0.329 e. The molecule has 0 aliphatic carbocycles. The summed E-state index contributed by atoms with van der Waals surface area (Å²) in [5, 5.41) is 7.41. The number of pyridine rings is 1. The fourth-order valence-electron chi connectivity index (χ4n) is 2.29. The van der Waals surface area contributed by atoms with Crippen molar-refractivity contribution in [1.29, 1.82) is 0 Å². The molecule has 0 unspecified atom stereocenters. The Morgan fingerprint density at radius 2 is 1.85 bits per heavy atom. The molecular formula is C19H14BrClN4O2. The van der Waals surface area contributed by atoms with Crippen LogP contribution in [0.4, 0.5) is 5.69 Å². The first kappa shape index (κ1) is 19.0. The summed E-state index contributed by atoms with van der Waals surface area (Å²) in [4.78, 5) is 28.0. The number of hydrogen-bond acceptors (Lipinski definition) is 4.